The van der Waals surface area contributed by atoms with Gasteiger partial charge in [0.2, 0.25) is 0 Å². The molecule has 0 bridgehead atoms. The van der Waals surface area contributed by atoms with Gasteiger partial charge in [-0.05, 0) is 42.3 Å². The molecule has 0 aliphatic rings. The Morgan fingerprint density at radius 1 is 1.30 bits per heavy atom. The lowest BCUT2D eigenvalue weighted by Crippen LogP contribution is -2.15. The van der Waals surface area contributed by atoms with Crippen molar-refractivity contribution in [1.29, 1.82) is 0 Å². The summed E-state index contributed by atoms with van der Waals surface area (Å²) in [6.07, 6.45) is 0.371. The number of rotatable bonds is 4. The lowest BCUT2D eigenvalue weighted by molar-refractivity contribution is 0.405. The molecule has 2 N–H and O–H groups in total. The Balaban J connectivity index is 2.27. The summed E-state index contributed by atoms with van der Waals surface area (Å²) >= 11 is 9.21. The van der Waals surface area contributed by atoms with E-state index in [0.717, 1.165) is 5.56 Å². The molecule has 0 aliphatic heterocycles. The highest BCUT2D eigenvalue weighted by molar-refractivity contribution is 9.10. The largest absolute Gasteiger partial charge is 0.496 e. The predicted molar refractivity (Wildman–Crippen MR) is 82.7 cm³/mol. The first-order valence-corrected chi connectivity index (χ1v) is 7.21. The van der Waals surface area contributed by atoms with Gasteiger partial charge in [-0.25, -0.2) is 4.39 Å². The highest BCUT2D eigenvalue weighted by atomic mass is 79.9. The SMILES string of the molecule is COc1ccc(Cl)cc1C(N)Cc1ccc(Br)cc1F. The maximum atomic E-state index is 13.8. The Morgan fingerprint density at radius 2 is 2.05 bits per heavy atom. The van der Waals surface area contributed by atoms with Crippen LogP contribution in [0, 0.1) is 5.82 Å². The minimum atomic E-state index is -0.390. The van der Waals surface area contributed by atoms with E-state index in [1.54, 1.807) is 37.4 Å². The Bertz CT molecular complexity index is 621. The van der Waals surface area contributed by atoms with E-state index in [-0.39, 0.29) is 11.9 Å². The zero-order valence-corrected chi connectivity index (χ0v) is 13.2. The summed E-state index contributed by atoms with van der Waals surface area (Å²) in [7, 11) is 1.57. The van der Waals surface area contributed by atoms with Crippen LogP contribution in [-0.2, 0) is 6.42 Å². The highest BCUT2D eigenvalue weighted by Gasteiger charge is 2.15. The quantitative estimate of drug-likeness (QED) is 0.874. The minimum absolute atomic E-state index is 0.282. The normalized spacial score (nSPS) is 12.2. The van der Waals surface area contributed by atoms with Gasteiger partial charge in [-0.1, -0.05) is 33.6 Å². The number of halogens is 3. The van der Waals surface area contributed by atoms with Crippen LogP contribution in [0.3, 0.4) is 0 Å². The number of benzene rings is 2. The van der Waals surface area contributed by atoms with Crippen molar-refractivity contribution in [2.24, 2.45) is 5.73 Å². The van der Waals surface area contributed by atoms with Gasteiger partial charge < -0.3 is 10.5 Å². The van der Waals surface area contributed by atoms with E-state index < -0.39 is 0 Å². The zero-order valence-electron chi connectivity index (χ0n) is 10.9. The van der Waals surface area contributed by atoms with E-state index >= 15 is 0 Å². The van der Waals surface area contributed by atoms with Gasteiger partial charge >= 0.3 is 0 Å². The monoisotopic (exact) mass is 357 g/mol. The van der Waals surface area contributed by atoms with Crippen molar-refractivity contribution >= 4 is 27.5 Å². The second-order valence-corrected chi connectivity index (χ2v) is 5.78. The van der Waals surface area contributed by atoms with Crippen LogP contribution in [-0.4, -0.2) is 7.11 Å². The lowest BCUT2D eigenvalue weighted by atomic mass is 9.98. The summed E-state index contributed by atoms with van der Waals surface area (Å²) in [5.74, 6) is 0.371. The van der Waals surface area contributed by atoms with Crippen LogP contribution >= 0.6 is 27.5 Å². The van der Waals surface area contributed by atoms with E-state index in [0.29, 0.717) is 27.2 Å². The van der Waals surface area contributed by atoms with E-state index in [1.165, 1.54) is 6.07 Å². The minimum Gasteiger partial charge on any atom is -0.496 e. The van der Waals surface area contributed by atoms with E-state index in [1.807, 2.05) is 0 Å². The average Bonchev–Trinajstić information content (AvgIpc) is 2.41. The number of methoxy groups -OCH3 is 1. The number of hydrogen-bond donors (Lipinski definition) is 1. The molecule has 2 aromatic carbocycles. The van der Waals surface area contributed by atoms with Crippen molar-refractivity contribution in [3.8, 4) is 5.75 Å². The Hall–Kier alpha value is -1.10. The van der Waals surface area contributed by atoms with Crippen molar-refractivity contribution < 1.29 is 9.13 Å². The molecule has 1 unspecified atom stereocenters. The number of ether oxygens (including phenoxy) is 1. The fraction of sp³-hybridized carbons (Fsp3) is 0.200. The molecular formula is C15H14BrClFNO. The molecule has 1 atom stereocenters. The molecule has 0 spiro atoms. The summed E-state index contributed by atoms with van der Waals surface area (Å²) in [5, 5.41) is 0.576. The second kappa shape index (κ2) is 6.57. The maximum Gasteiger partial charge on any atom is 0.127 e. The number of nitrogens with two attached hydrogens (primary N) is 1. The fourth-order valence-electron chi connectivity index (χ4n) is 2.03. The molecule has 2 aromatic rings. The van der Waals surface area contributed by atoms with Crippen molar-refractivity contribution in [1.82, 2.24) is 0 Å². The second-order valence-electron chi connectivity index (χ2n) is 4.43. The van der Waals surface area contributed by atoms with Crippen LogP contribution in [0.1, 0.15) is 17.2 Å². The molecule has 0 heterocycles. The van der Waals surface area contributed by atoms with Gasteiger partial charge in [-0.2, -0.15) is 0 Å². The Labute approximate surface area is 130 Å². The van der Waals surface area contributed by atoms with Gasteiger partial charge in [0.25, 0.3) is 0 Å². The first kappa shape index (κ1) is 15.3. The average molecular weight is 359 g/mol. The Kier molecular flexibility index (Phi) is 5.02. The van der Waals surface area contributed by atoms with Crippen molar-refractivity contribution in [3.05, 3.63) is 62.8 Å². The van der Waals surface area contributed by atoms with Crippen LogP contribution in [0.2, 0.25) is 5.02 Å². The third kappa shape index (κ3) is 3.51. The fourth-order valence-corrected chi connectivity index (χ4v) is 2.54. The van der Waals surface area contributed by atoms with Gasteiger partial charge in [0.15, 0.2) is 0 Å². The van der Waals surface area contributed by atoms with Crippen LogP contribution in [0.15, 0.2) is 40.9 Å². The van der Waals surface area contributed by atoms with Crippen molar-refractivity contribution in [2.45, 2.75) is 12.5 Å². The third-order valence-corrected chi connectivity index (χ3v) is 3.77. The van der Waals surface area contributed by atoms with Crippen LogP contribution in [0.25, 0.3) is 0 Å². The molecule has 2 nitrogen and oxygen atoms in total. The topological polar surface area (TPSA) is 35.2 Å². The smallest absolute Gasteiger partial charge is 0.127 e. The molecule has 0 saturated carbocycles. The molecule has 0 aliphatic carbocycles. The van der Waals surface area contributed by atoms with Crippen LogP contribution in [0.4, 0.5) is 4.39 Å². The van der Waals surface area contributed by atoms with Gasteiger partial charge in [0.1, 0.15) is 11.6 Å². The molecule has 0 saturated heterocycles. The lowest BCUT2D eigenvalue weighted by Gasteiger charge is -2.16. The van der Waals surface area contributed by atoms with Gasteiger partial charge in [-0.3, -0.25) is 0 Å². The summed E-state index contributed by atoms with van der Waals surface area (Å²) in [6.45, 7) is 0. The molecular weight excluding hydrogens is 345 g/mol. The van der Waals surface area contributed by atoms with Crippen LogP contribution in [0.5, 0.6) is 5.75 Å². The number of hydrogen-bond acceptors (Lipinski definition) is 2. The summed E-state index contributed by atoms with van der Waals surface area (Å²) in [4.78, 5) is 0. The molecule has 0 fully saturated rings. The summed E-state index contributed by atoms with van der Waals surface area (Å²) in [5.41, 5.74) is 7.49. The van der Waals surface area contributed by atoms with E-state index in [4.69, 9.17) is 22.1 Å². The zero-order chi connectivity index (χ0) is 14.7. The summed E-state index contributed by atoms with van der Waals surface area (Å²) < 4.78 is 19.8. The molecule has 0 aromatic heterocycles. The molecule has 5 heteroatoms. The van der Waals surface area contributed by atoms with Crippen molar-refractivity contribution in [3.63, 3.8) is 0 Å². The van der Waals surface area contributed by atoms with E-state index in [9.17, 15) is 4.39 Å². The molecule has 20 heavy (non-hydrogen) atoms. The maximum absolute atomic E-state index is 13.8. The molecule has 106 valence electrons. The van der Waals surface area contributed by atoms with Crippen molar-refractivity contribution in [2.75, 3.05) is 7.11 Å². The first-order chi connectivity index (χ1) is 9.51. The highest BCUT2D eigenvalue weighted by Crippen LogP contribution is 2.29. The van der Waals surface area contributed by atoms with Gasteiger partial charge in [-0.15, -0.1) is 0 Å². The van der Waals surface area contributed by atoms with Crippen LogP contribution < -0.4 is 10.5 Å². The molecule has 2 rings (SSSR count). The van der Waals surface area contributed by atoms with Gasteiger partial charge in [0.05, 0.1) is 7.11 Å². The first-order valence-electron chi connectivity index (χ1n) is 6.04. The standard InChI is InChI=1S/C15H14BrClFNO/c1-20-15-5-4-11(17)8-12(15)14(19)6-9-2-3-10(16)7-13(9)18/h2-5,7-8,14H,6,19H2,1H3. The predicted octanol–water partition coefficient (Wildman–Crippen LogP) is 4.49. The third-order valence-electron chi connectivity index (χ3n) is 3.05. The molecule has 0 amide bonds. The summed E-state index contributed by atoms with van der Waals surface area (Å²) in [6, 6.07) is 9.79. The van der Waals surface area contributed by atoms with Gasteiger partial charge in [0, 0.05) is 21.1 Å². The van der Waals surface area contributed by atoms with E-state index in [2.05, 4.69) is 15.9 Å². The molecule has 0 radical (unpaired) electrons. The Morgan fingerprint density at radius 3 is 2.70 bits per heavy atom.